The summed E-state index contributed by atoms with van der Waals surface area (Å²) in [5.41, 5.74) is 3.24. The molecule has 0 amide bonds. The molecule has 9 nitrogen and oxygen atoms in total. The van der Waals surface area contributed by atoms with Crippen molar-refractivity contribution in [3.05, 3.63) is 111 Å². The first-order valence-corrected chi connectivity index (χ1v) is 12.2. The lowest BCUT2D eigenvalue weighted by Crippen LogP contribution is -2.27. The summed E-state index contributed by atoms with van der Waals surface area (Å²) in [6.07, 6.45) is -1.47. The second-order valence-electron chi connectivity index (χ2n) is 8.01. The van der Waals surface area contributed by atoms with Gasteiger partial charge in [0.2, 0.25) is 11.6 Å². The molecule has 4 rings (SSSR count). The Kier molecular flexibility index (Phi) is 7.07. The van der Waals surface area contributed by atoms with Gasteiger partial charge in [0.05, 0.1) is 16.3 Å². The number of allylic oxidation sites excluding steroid dienone is 1. The Morgan fingerprint density at radius 1 is 0.921 bits per heavy atom. The summed E-state index contributed by atoms with van der Waals surface area (Å²) in [6, 6.07) is 10.5. The van der Waals surface area contributed by atoms with Crippen LogP contribution >= 0.6 is 0 Å². The maximum Gasteiger partial charge on any atom is 0.286 e. The third-order valence-electron chi connectivity index (χ3n) is 5.31. The minimum atomic E-state index is -4.85. The van der Waals surface area contributed by atoms with E-state index in [4.69, 9.17) is 5.73 Å². The number of fused-ring (bicyclic) bond motifs is 1. The molecule has 194 valence electrons. The van der Waals surface area contributed by atoms with Crippen LogP contribution in [0.1, 0.15) is 27.6 Å². The van der Waals surface area contributed by atoms with Crippen molar-refractivity contribution in [1.82, 2.24) is 0 Å². The van der Waals surface area contributed by atoms with E-state index in [1.165, 1.54) is 12.1 Å². The van der Waals surface area contributed by atoms with Crippen molar-refractivity contribution in [2.45, 2.75) is 17.9 Å². The first-order chi connectivity index (χ1) is 17.9. The number of halogens is 3. The van der Waals surface area contributed by atoms with Gasteiger partial charge in [-0.2, -0.15) is 8.42 Å². The van der Waals surface area contributed by atoms with Gasteiger partial charge in [0.15, 0.2) is 5.82 Å². The number of amidine groups is 1. The van der Waals surface area contributed by atoms with Crippen molar-refractivity contribution >= 4 is 27.4 Å². The third kappa shape index (κ3) is 5.14. The van der Waals surface area contributed by atoms with Gasteiger partial charge in [-0.15, -0.1) is 4.40 Å². The number of nitrogens with two attached hydrogens (primary N) is 1. The highest BCUT2D eigenvalue weighted by molar-refractivity contribution is 7.90. The van der Waals surface area contributed by atoms with Gasteiger partial charge in [0.25, 0.3) is 10.0 Å². The summed E-state index contributed by atoms with van der Waals surface area (Å²) in [4.78, 5) is 34.2. The fraction of sp³-hybridized carbons (Fsp3) is 0.0800. The highest BCUT2D eigenvalue weighted by atomic mass is 32.2. The van der Waals surface area contributed by atoms with Crippen LogP contribution < -0.4 is 16.4 Å². The molecule has 1 aliphatic heterocycles. The molecule has 0 spiro atoms. The number of ketones is 2. The van der Waals surface area contributed by atoms with Crippen molar-refractivity contribution < 1.29 is 36.3 Å². The van der Waals surface area contributed by atoms with E-state index in [-0.39, 0.29) is 10.7 Å². The quantitative estimate of drug-likeness (QED) is 0.116. The second kappa shape index (κ2) is 10.1. The number of nitrogens with zero attached hydrogens (tertiary/aromatic N) is 3. The fourth-order valence-corrected chi connectivity index (χ4v) is 4.50. The third-order valence-corrected chi connectivity index (χ3v) is 6.63. The largest absolute Gasteiger partial charge is 0.385 e. The summed E-state index contributed by atoms with van der Waals surface area (Å²) in [7, 11) is -4.85. The van der Waals surface area contributed by atoms with Crippen molar-refractivity contribution in [2.24, 2.45) is 20.1 Å². The smallest absolute Gasteiger partial charge is 0.286 e. The molecule has 0 bridgehead atoms. The van der Waals surface area contributed by atoms with Gasteiger partial charge in [-0.1, -0.05) is 12.1 Å². The van der Waals surface area contributed by atoms with E-state index in [0.29, 0.717) is 24.3 Å². The number of sulfonamides is 1. The maximum atomic E-state index is 14.5. The molecular weight excluding hydrogens is 525 g/mol. The number of benzene rings is 3. The Morgan fingerprint density at radius 3 is 2.13 bits per heavy atom. The monoisotopic (exact) mass is 542 g/mol. The predicted molar refractivity (Wildman–Crippen MR) is 128 cm³/mol. The molecule has 1 atom stereocenters. The molecule has 0 saturated heterocycles. The van der Waals surface area contributed by atoms with Crippen LogP contribution in [0, 0.1) is 17.5 Å². The number of aliphatic hydroxyl groups is 1. The van der Waals surface area contributed by atoms with Crippen molar-refractivity contribution in [2.75, 3.05) is 0 Å². The minimum absolute atomic E-state index is 0.283. The molecule has 1 aliphatic rings. The minimum Gasteiger partial charge on any atom is -0.385 e. The number of aliphatic hydroxyl groups excluding tert-OH is 1. The average molecular weight is 542 g/mol. The van der Waals surface area contributed by atoms with E-state index in [1.54, 1.807) is 12.1 Å². The van der Waals surface area contributed by atoms with Crippen LogP contribution in [0.5, 0.6) is 0 Å². The van der Waals surface area contributed by atoms with Crippen LogP contribution in [0.15, 0.2) is 91.3 Å². The molecule has 0 fully saturated rings. The van der Waals surface area contributed by atoms with E-state index in [2.05, 4.69) is 14.4 Å². The summed E-state index contributed by atoms with van der Waals surface area (Å²) in [5.74, 6) is -7.05. The average Bonchev–Trinajstić information content (AvgIpc) is 3.28. The first kappa shape index (κ1) is 26.6. The molecule has 3 aromatic carbocycles. The molecule has 3 N–H and O–H groups in total. The molecule has 3 aromatic rings. The lowest BCUT2D eigenvalue weighted by Gasteiger charge is -2.10. The molecule has 0 aliphatic carbocycles. The normalized spacial score (nSPS) is 13.8. The highest BCUT2D eigenvalue weighted by Gasteiger charge is 2.31. The van der Waals surface area contributed by atoms with E-state index < -0.39 is 78.4 Å². The topological polar surface area (TPSA) is 152 Å². The van der Waals surface area contributed by atoms with Crippen molar-refractivity contribution in [3.63, 3.8) is 0 Å². The second-order valence-corrected chi connectivity index (χ2v) is 9.58. The molecule has 0 radical (unpaired) electrons. The summed E-state index contributed by atoms with van der Waals surface area (Å²) < 4.78 is 71.3. The van der Waals surface area contributed by atoms with Gasteiger partial charge in [0, 0.05) is 5.56 Å². The Morgan fingerprint density at radius 2 is 1.53 bits per heavy atom. The van der Waals surface area contributed by atoms with Gasteiger partial charge < -0.3 is 10.8 Å². The van der Waals surface area contributed by atoms with Crippen LogP contribution in [0.4, 0.5) is 13.2 Å². The number of Topliss-reactive ketones (excluding diaryl/α,β-unsaturated/α-hetero) is 2. The SMILES string of the molecule is C[C@@H](O)C(N)=NS(=O)(=O)c1cc(C(=O)C(C(=O)c2cc(F)ccc2F)=C2N=c3ccccc3=N2)ccc1F. The zero-order valence-electron chi connectivity index (χ0n) is 19.4. The first-order valence-electron chi connectivity index (χ1n) is 10.8. The lowest BCUT2D eigenvalue weighted by molar-refractivity contribution is 0.0958. The van der Waals surface area contributed by atoms with Crippen LogP contribution in [-0.2, 0) is 10.0 Å². The Bertz CT molecular complexity index is 1760. The van der Waals surface area contributed by atoms with Gasteiger partial charge >= 0.3 is 0 Å². The van der Waals surface area contributed by atoms with Crippen LogP contribution in [0.3, 0.4) is 0 Å². The summed E-state index contributed by atoms with van der Waals surface area (Å²) >= 11 is 0. The number of carbonyl (C=O) groups is 2. The van der Waals surface area contributed by atoms with E-state index in [0.717, 1.165) is 19.1 Å². The van der Waals surface area contributed by atoms with Gasteiger partial charge in [-0.25, -0.2) is 23.2 Å². The zero-order chi connectivity index (χ0) is 27.8. The van der Waals surface area contributed by atoms with Crippen molar-refractivity contribution in [3.8, 4) is 0 Å². The molecule has 0 saturated carbocycles. The van der Waals surface area contributed by atoms with E-state index in [1.807, 2.05) is 0 Å². The van der Waals surface area contributed by atoms with E-state index in [9.17, 15) is 36.3 Å². The van der Waals surface area contributed by atoms with E-state index >= 15 is 0 Å². The molecule has 13 heteroatoms. The zero-order valence-corrected chi connectivity index (χ0v) is 20.2. The summed E-state index contributed by atoms with van der Waals surface area (Å²) in [5, 5.41) is 10.00. The Labute approximate surface area is 213 Å². The van der Waals surface area contributed by atoms with Crippen LogP contribution in [0.25, 0.3) is 0 Å². The maximum absolute atomic E-state index is 14.5. The molecular formula is C25H17F3N4O5S. The molecule has 38 heavy (non-hydrogen) atoms. The van der Waals surface area contributed by atoms with Gasteiger partial charge in [-0.05, 0) is 55.5 Å². The highest BCUT2D eigenvalue weighted by Crippen LogP contribution is 2.25. The van der Waals surface area contributed by atoms with Crippen LogP contribution in [-0.4, -0.2) is 37.0 Å². The number of rotatable bonds is 7. The number of para-hydroxylation sites is 2. The van der Waals surface area contributed by atoms with Crippen molar-refractivity contribution in [1.29, 1.82) is 0 Å². The molecule has 0 unspecified atom stereocenters. The van der Waals surface area contributed by atoms with Gasteiger partial charge in [0.1, 0.15) is 39.9 Å². The molecule has 0 aromatic heterocycles. The molecule has 1 heterocycles. The van der Waals surface area contributed by atoms with Crippen LogP contribution in [0.2, 0.25) is 0 Å². The predicted octanol–water partition coefficient (Wildman–Crippen LogP) is 1.76. The lowest BCUT2D eigenvalue weighted by atomic mass is 9.95. The Balaban J connectivity index is 1.92. The Hall–Kier alpha value is -4.49. The standard InChI is InChI=1S/C25H17F3N4O5S/c1-12(33)24(29)32-38(36,37)20-10-13(6-8-17(20)28)22(34)21(23(35)15-11-14(26)7-9-16(15)27)25-30-18-4-2-3-5-19(18)31-25/h2-12,33H,1H3,(H2,29,32)/t12-/m1/s1. The number of carbonyl (C=O) groups excluding carboxylic acids is 2. The fourth-order valence-electron chi connectivity index (χ4n) is 3.38. The summed E-state index contributed by atoms with van der Waals surface area (Å²) in [6.45, 7) is 1.13. The number of hydrogen-bond donors (Lipinski definition) is 2. The van der Waals surface area contributed by atoms with Gasteiger partial charge in [-0.3, -0.25) is 9.59 Å². The number of hydrogen-bond acceptors (Lipinski definition) is 7.